The van der Waals surface area contributed by atoms with Crippen LogP contribution in [-0.2, 0) is 16.6 Å². The topological polar surface area (TPSA) is 126 Å². The van der Waals surface area contributed by atoms with E-state index in [9.17, 15) is 18.6 Å². The summed E-state index contributed by atoms with van der Waals surface area (Å²) in [5.41, 5.74) is 1.49. The Morgan fingerprint density at radius 3 is 2.77 bits per heavy atom. The maximum Gasteiger partial charge on any atom is 0.238 e. The summed E-state index contributed by atoms with van der Waals surface area (Å²) in [5, 5.41) is 24.3. The van der Waals surface area contributed by atoms with Gasteiger partial charge in [0.25, 0.3) is 0 Å². The van der Waals surface area contributed by atoms with Crippen molar-refractivity contribution in [3.05, 3.63) is 47.3 Å². The molecule has 0 bridgehead atoms. The monoisotopic (exact) mass is 321 g/mol. The lowest BCUT2D eigenvalue weighted by Gasteiger charge is -2.07. The standard InChI is InChI=1S/C14H15N3O4S/c1-9-14(19)13(10(8-18)6-16-9)7-17-11-3-2-4-12(5-11)22(15,20)21/h2-7,18-19H,8H2,1H3,(H2,15,20,21). The number of aliphatic hydroxyl groups excluding tert-OH is 1. The van der Waals surface area contributed by atoms with Crippen molar-refractivity contribution in [3.63, 3.8) is 0 Å². The number of aliphatic imine (C=N–C) groups is 1. The number of rotatable bonds is 4. The summed E-state index contributed by atoms with van der Waals surface area (Å²) < 4.78 is 22.6. The van der Waals surface area contributed by atoms with E-state index in [1.807, 2.05) is 0 Å². The van der Waals surface area contributed by atoms with Crippen molar-refractivity contribution in [1.82, 2.24) is 4.98 Å². The molecule has 22 heavy (non-hydrogen) atoms. The second-order valence-electron chi connectivity index (χ2n) is 4.59. The molecule has 1 aromatic heterocycles. The van der Waals surface area contributed by atoms with Crippen molar-refractivity contribution in [3.8, 4) is 5.75 Å². The third-order valence-electron chi connectivity index (χ3n) is 3.02. The van der Waals surface area contributed by atoms with E-state index >= 15 is 0 Å². The maximum atomic E-state index is 11.3. The summed E-state index contributed by atoms with van der Waals surface area (Å²) in [7, 11) is -3.81. The molecule has 116 valence electrons. The van der Waals surface area contributed by atoms with Gasteiger partial charge in [-0.15, -0.1) is 0 Å². The zero-order valence-corrected chi connectivity index (χ0v) is 12.6. The summed E-state index contributed by atoms with van der Waals surface area (Å²) in [5.74, 6) is -0.0853. The smallest absolute Gasteiger partial charge is 0.238 e. The first-order valence-corrected chi connectivity index (χ1v) is 7.83. The maximum absolute atomic E-state index is 11.3. The van der Waals surface area contributed by atoms with Crippen LogP contribution in [0.1, 0.15) is 16.8 Å². The molecule has 0 radical (unpaired) electrons. The average Bonchev–Trinajstić information content (AvgIpc) is 2.48. The molecule has 0 aliphatic carbocycles. The molecule has 0 aliphatic rings. The van der Waals surface area contributed by atoms with Gasteiger partial charge in [0.1, 0.15) is 5.75 Å². The Kier molecular flexibility index (Phi) is 4.55. The molecule has 0 saturated heterocycles. The van der Waals surface area contributed by atoms with Gasteiger partial charge in [0.05, 0.1) is 22.9 Å². The predicted molar refractivity (Wildman–Crippen MR) is 81.6 cm³/mol. The Hall–Kier alpha value is -2.29. The second-order valence-corrected chi connectivity index (χ2v) is 6.15. The van der Waals surface area contributed by atoms with Crippen molar-refractivity contribution < 1.29 is 18.6 Å². The summed E-state index contributed by atoms with van der Waals surface area (Å²) in [6.07, 6.45) is 2.79. The van der Waals surface area contributed by atoms with Crippen LogP contribution in [0.5, 0.6) is 5.75 Å². The SMILES string of the molecule is Cc1ncc(CO)c(C=Nc2cccc(S(N)(=O)=O)c2)c1O. The molecular formula is C14H15N3O4S. The number of aromatic hydroxyl groups is 1. The number of nitrogens with two attached hydrogens (primary N) is 1. The lowest BCUT2D eigenvalue weighted by Crippen LogP contribution is -2.11. The molecule has 4 N–H and O–H groups in total. The van der Waals surface area contributed by atoms with E-state index in [-0.39, 0.29) is 17.3 Å². The molecule has 0 saturated carbocycles. The van der Waals surface area contributed by atoms with Crippen LogP contribution >= 0.6 is 0 Å². The Morgan fingerprint density at radius 2 is 2.14 bits per heavy atom. The highest BCUT2D eigenvalue weighted by molar-refractivity contribution is 7.89. The molecule has 0 aliphatic heterocycles. The number of sulfonamides is 1. The van der Waals surface area contributed by atoms with Gasteiger partial charge in [0.15, 0.2) is 0 Å². The number of aliphatic hydroxyl groups is 1. The number of pyridine rings is 1. The molecule has 2 aromatic rings. The van der Waals surface area contributed by atoms with Crippen molar-refractivity contribution in [2.45, 2.75) is 18.4 Å². The highest BCUT2D eigenvalue weighted by Gasteiger charge is 2.10. The molecule has 0 atom stereocenters. The molecule has 8 heteroatoms. The molecule has 7 nitrogen and oxygen atoms in total. The first kappa shape index (κ1) is 16.1. The Labute approximate surface area is 127 Å². The highest BCUT2D eigenvalue weighted by atomic mass is 32.2. The van der Waals surface area contributed by atoms with Crippen LogP contribution in [0.4, 0.5) is 5.69 Å². The first-order valence-electron chi connectivity index (χ1n) is 6.28. The van der Waals surface area contributed by atoms with Gasteiger partial charge in [-0.25, -0.2) is 13.6 Å². The molecule has 2 rings (SSSR count). The molecule has 1 aromatic carbocycles. The van der Waals surface area contributed by atoms with Gasteiger partial charge in [0, 0.05) is 23.5 Å². The summed E-state index contributed by atoms with van der Waals surface area (Å²) in [6.45, 7) is 1.31. The highest BCUT2D eigenvalue weighted by Crippen LogP contribution is 2.23. The van der Waals surface area contributed by atoms with Gasteiger partial charge in [-0.05, 0) is 25.1 Å². The molecule has 0 fully saturated rings. The molecule has 1 heterocycles. The number of aryl methyl sites for hydroxylation is 1. The minimum absolute atomic E-state index is 0.0559. The van der Waals surface area contributed by atoms with Gasteiger partial charge in [-0.1, -0.05) is 6.07 Å². The van der Waals surface area contributed by atoms with E-state index < -0.39 is 10.0 Å². The Bertz CT molecular complexity index is 832. The number of nitrogens with zero attached hydrogens (tertiary/aromatic N) is 2. The van der Waals surface area contributed by atoms with Crippen LogP contribution in [0.15, 0.2) is 40.4 Å². The molecule has 0 unspecified atom stereocenters. The largest absolute Gasteiger partial charge is 0.505 e. The minimum Gasteiger partial charge on any atom is -0.505 e. The second kappa shape index (κ2) is 6.22. The van der Waals surface area contributed by atoms with E-state index in [0.717, 1.165) is 0 Å². The minimum atomic E-state index is -3.81. The van der Waals surface area contributed by atoms with Crippen LogP contribution in [0.2, 0.25) is 0 Å². The van der Waals surface area contributed by atoms with Gasteiger partial charge >= 0.3 is 0 Å². The Morgan fingerprint density at radius 1 is 1.41 bits per heavy atom. The van der Waals surface area contributed by atoms with Gasteiger partial charge < -0.3 is 10.2 Å². The summed E-state index contributed by atoms with van der Waals surface area (Å²) in [4.78, 5) is 8.01. The number of primary sulfonamides is 1. The van der Waals surface area contributed by atoms with Crippen LogP contribution in [-0.4, -0.2) is 29.8 Å². The molecular weight excluding hydrogens is 306 g/mol. The van der Waals surface area contributed by atoms with E-state index in [2.05, 4.69) is 9.98 Å². The number of hydrogen-bond acceptors (Lipinski definition) is 6. The zero-order valence-electron chi connectivity index (χ0n) is 11.8. The van der Waals surface area contributed by atoms with E-state index in [4.69, 9.17) is 5.14 Å². The van der Waals surface area contributed by atoms with Gasteiger partial charge in [-0.2, -0.15) is 0 Å². The van der Waals surface area contributed by atoms with E-state index in [0.29, 0.717) is 22.5 Å². The molecule has 0 spiro atoms. The van der Waals surface area contributed by atoms with Gasteiger partial charge in [0.2, 0.25) is 10.0 Å². The van der Waals surface area contributed by atoms with E-state index in [1.54, 1.807) is 13.0 Å². The van der Waals surface area contributed by atoms with Crippen molar-refractivity contribution in [1.29, 1.82) is 0 Å². The van der Waals surface area contributed by atoms with Crippen LogP contribution in [0.3, 0.4) is 0 Å². The van der Waals surface area contributed by atoms with Crippen molar-refractivity contribution in [2.75, 3.05) is 0 Å². The van der Waals surface area contributed by atoms with Gasteiger partial charge in [-0.3, -0.25) is 9.98 Å². The fourth-order valence-corrected chi connectivity index (χ4v) is 2.36. The third-order valence-corrected chi connectivity index (χ3v) is 3.93. The zero-order chi connectivity index (χ0) is 16.3. The average molecular weight is 321 g/mol. The molecule has 0 amide bonds. The third kappa shape index (κ3) is 3.48. The lowest BCUT2D eigenvalue weighted by molar-refractivity contribution is 0.280. The van der Waals surface area contributed by atoms with Crippen LogP contribution < -0.4 is 5.14 Å². The Balaban J connectivity index is 2.44. The fourth-order valence-electron chi connectivity index (χ4n) is 1.80. The fraction of sp³-hybridized carbons (Fsp3) is 0.143. The summed E-state index contributed by atoms with van der Waals surface area (Å²) in [6, 6.07) is 5.78. The number of benzene rings is 1. The predicted octanol–water partition coefficient (Wildman–Crippen LogP) is 0.986. The lowest BCUT2D eigenvalue weighted by atomic mass is 10.1. The normalized spacial score (nSPS) is 12.0. The van der Waals surface area contributed by atoms with Crippen molar-refractivity contribution >= 4 is 21.9 Å². The first-order chi connectivity index (χ1) is 10.3. The number of hydrogen-bond donors (Lipinski definition) is 3. The quantitative estimate of drug-likeness (QED) is 0.724. The number of aromatic nitrogens is 1. The van der Waals surface area contributed by atoms with Crippen molar-refractivity contribution in [2.24, 2.45) is 10.1 Å². The van der Waals surface area contributed by atoms with E-state index in [1.165, 1.54) is 30.6 Å². The summed E-state index contributed by atoms with van der Waals surface area (Å²) >= 11 is 0. The van der Waals surface area contributed by atoms with Crippen LogP contribution in [0.25, 0.3) is 0 Å². The van der Waals surface area contributed by atoms with Crippen LogP contribution in [0, 0.1) is 6.92 Å².